The zero-order valence-electron chi connectivity index (χ0n) is 16.7. The minimum absolute atomic E-state index is 0.0585. The molecule has 0 aliphatic carbocycles. The summed E-state index contributed by atoms with van der Waals surface area (Å²) in [6, 6.07) is 14.8. The van der Waals surface area contributed by atoms with Gasteiger partial charge in [0.2, 0.25) is 0 Å². The van der Waals surface area contributed by atoms with Gasteiger partial charge in [-0.2, -0.15) is 0 Å². The lowest BCUT2D eigenvalue weighted by molar-refractivity contribution is 0.115. The number of sulfone groups is 1. The molecule has 0 bridgehead atoms. The van der Waals surface area contributed by atoms with Gasteiger partial charge in [0, 0.05) is 5.54 Å². The lowest BCUT2D eigenvalue weighted by Gasteiger charge is -2.37. The van der Waals surface area contributed by atoms with E-state index in [4.69, 9.17) is 4.74 Å². The minimum Gasteiger partial charge on any atom is -0.497 e. The predicted octanol–water partition coefficient (Wildman–Crippen LogP) is 3.47. The van der Waals surface area contributed by atoms with Gasteiger partial charge in [0.05, 0.1) is 29.9 Å². The molecule has 3 atom stereocenters. The van der Waals surface area contributed by atoms with E-state index in [2.05, 4.69) is 5.32 Å². The summed E-state index contributed by atoms with van der Waals surface area (Å²) in [6.07, 6.45) is 1.00. The summed E-state index contributed by atoms with van der Waals surface area (Å²) >= 11 is 0. The molecule has 6 heteroatoms. The summed E-state index contributed by atoms with van der Waals surface area (Å²) in [6.45, 7) is 3.89. The smallest absolute Gasteiger partial charge is 0.180 e. The molecule has 28 heavy (non-hydrogen) atoms. The van der Waals surface area contributed by atoms with Crippen molar-refractivity contribution in [3.8, 4) is 5.75 Å². The van der Waals surface area contributed by atoms with Gasteiger partial charge in [0.15, 0.2) is 9.84 Å². The maximum atomic E-state index is 13.4. The highest BCUT2D eigenvalue weighted by molar-refractivity contribution is 7.91. The van der Waals surface area contributed by atoms with Crippen LogP contribution in [0.5, 0.6) is 5.75 Å². The molecule has 0 spiro atoms. The van der Waals surface area contributed by atoms with Crippen LogP contribution in [0.15, 0.2) is 53.4 Å². The second kappa shape index (κ2) is 8.23. The van der Waals surface area contributed by atoms with E-state index < -0.39 is 21.5 Å². The zero-order chi connectivity index (χ0) is 20.4. The Morgan fingerprint density at radius 1 is 1.21 bits per heavy atom. The molecule has 2 aromatic rings. The van der Waals surface area contributed by atoms with Gasteiger partial charge in [-0.25, -0.2) is 8.42 Å². The Labute approximate surface area is 167 Å². The van der Waals surface area contributed by atoms with Crippen LogP contribution >= 0.6 is 0 Å². The Morgan fingerprint density at radius 2 is 1.93 bits per heavy atom. The van der Waals surface area contributed by atoms with Crippen molar-refractivity contribution < 1.29 is 18.3 Å². The molecule has 1 aliphatic rings. The Kier molecular flexibility index (Phi) is 6.12. The van der Waals surface area contributed by atoms with Gasteiger partial charge in [-0.1, -0.05) is 50.2 Å². The molecule has 1 heterocycles. The molecule has 3 rings (SSSR count). The van der Waals surface area contributed by atoms with Gasteiger partial charge >= 0.3 is 0 Å². The molecular weight excluding hydrogens is 374 g/mol. The minimum atomic E-state index is -3.58. The van der Waals surface area contributed by atoms with Crippen molar-refractivity contribution in [3.05, 3.63) is 59.7 Å². The van der Waals surface area contributed by atoms with Gasteiger partial charge in [0.1, 0.15) is 5.75 Å². The fourth-order valence-corrected chi connectivity index (χ4v) is 6.12. The third-order valence-electron chi connectivity index (χ3n) is 5.69. The molecule has 5 nitrogen and oxygen atoms in total. The summed E-state index contributed by atoms with van der Waals surface area (Å²) < 4.78 is 32.1. The second-order valence-corrected chi connectivity index (χ2v) is 9.51. The van der Waals surface area contributed by atoms with Gasteiger partial charge < -0.3 is 9.84 Å². The quantitative estimate of drug-likeness (QED) is 0.772. The van der Waals surface area contributed by atoms with Crippen LogP contribution in [-0.4, -0.2) is 38.0 Å². The number of ether oxygens (including phenoxy) is 1. The van der Waals surface area contributed by atoms with Crippen molar-refractivity contribution in [2.75, 3.05) is 12.9 Å². The fraction of sp³-hybridized carbons (Fsp3) is 0.455. The van der Waals surface area contributed by atoms with E-state index in [0.717, 1.165) is 5.56 Å². The topological polar surface area (TPSA) is 75.6 Å². The first-order valence-electron chi connectivity index (χ1n) is 9.75. The number of methoxy groups -OCH3 is 1. The Morgan fingerprint density at radius 3 is 2.54 bits per heavy atom. The molecule has 2 N–H and O–H groups in total. The van der Waals surface area contributed by atoms with Crippen molar-refractivity contribution in [3.63, 3.8) is 0 Å². The number of benzene rings is 2. The molecule has 1 aliphatic heterocycles. The maximum Gasteiger partial charge on any atom is 0.180 e. The molecule has 152 valence electrons. The van der Waals surface area contributed by atoms with E-state index in [1.54, 1.807) is 12.1 Å². The van der Waals surface area contributed by atoms with Crippen molar-refractivity contribution >= 4 is 9.84 Å². The fourth-order valence-electron chi connectivity index (χ4n) is 3.99. The monoisotopic (exact) mass is 403 g/mol. The summed E-state index contributed by atoms with van der Waals surface area (Å²) in [5, 5.41) is 14.0. The summed E-state index contributed by atoms with van der Waals surface area (Å²) in [5.41, 5.74) is 0.990. The van der Waals surface area contributed by atoms with Crippen LogP contribution in [0, 0.1) is 0 Å². The average molecular weight is 404 g/mol. The van der Waals surface area contributed by atoms with Crippen LogP contribution in [0.25, 0.3) is 0 Å². The Hall–Kier alpha value is -1.89. The Balaban J connectivity index is 2.21. The molecule has 2 aromatic carbocycles. The first-order valence-corrected chi connectivity index (χ1v) is 11.4. The predicted molar refractivity (Wildman–Crippen MR) is 110 cm³/mol. The molecule has 0 saturated carbocycles. The Bertz CT molecular complexity index is 913. The normalized spacial score (nSPS) is 24.8. The number of fused-ring (bicyclic) bond motifs is 1. The number of aliphatic hydroxyl groups is 1. The summed E-state index contributed by atoms with van der Waals surface area (Å²) in [4.78, 5) is 0.300. The molecule has 0 aromatic heterocycles. The van der Waals surface area contributed by atoms with Gasteiger partial charge in [-0.05, 0) is 42.5 Å². The van der Waals surface area contributed by atoms with Crippen LogP contribution in [0.1, 0.15) is 50.3 Å². The van der Waals surface area contributed by atoms with E-state index in [0.29, 0.717) is 35.5 Å². The second-order valence-electron chi connectivity index (χ2n) is 7.55. The highest BCUT2D eigenvalue weighted by Crippen LogP contribution is 2.39. The van der Waals surface area contributed by atoms with Crippen molar-refractivity contribution in [1.82, 2.24) is 5.32 Å². The molecule has 0 radical (unpaired) electrons. The number of hydrogen-bond acceptors (Lipinski definition) is 5. The van der Waals surface area contributed by atoms with Gasteiger partial charge in [-0.15, -0.1) is 0 Å². The maximum absolute atomic E-state index is 13.4. The van der Waals surface area contributed by atoms with Crippen LogP contribution < -0.4 is 10.1 Å². The summed E-state index contributed by atoms with van der Waals surface area (Å²) in [5.74, 6) is 0.462. The highest BCUT2D eigenvalue weighted by Gasteiger charge is 2.43. The molecular formula is C22H29NO4S. The number of aliphatic hydroxyl groups excluding tert-OH is 1. The average Bonchev–Trinajstić information content (AvgIpc) is 2.80. The van der Waals surface area contributed by atoms with Crippen LogP contribution in [0.2, 0.25) is 0 Å². The third-order valence-corrected chi connectivity index (χ3v) is 7.65. The lowest BCUT2D eigenvalue weighted by atomic mass is 9.87. The molecule has 0 saturated heterocycles. The first-order chi connectivity index (χ1) is 13.3. The summed E-state index contributed by atoms with van der Waals surface area (Å²) in [7, 11) is -2.05. The van der Waals surface area contributed by atoms with Crippen molar-refractivity contribution in [2.45, 2.75) is 55.7 Å². The lowest BCUT2D eigenvalue weighted by Crippen LogP contribution is -2.52. The van der Waals surface area contributed by atoms with Crippen LogP contribution in [0.3, 0.4) is 0 Å². The number of rotatable bonds is 6. The van der Waals surface area contributed by atoms with E-state index in [1.807, 2.05) is 50.2 Å². The molecule has 0 fully saturated rings. The molecule has 0 amide bonds. The van der Waals surface area contributed by atoms with Gasteiger partial charge in [0.25, 0.3) is 0 Å². The van der Waals surface area contributed by atoms with Crippen LogP contribution in [0.4, 0.5) is 0 Å². The van der Waals surface area contributed by atoms with Crippen molar-refractivity contribution in [2.24, 2.45) is 0 Å². The van der Waals surface area contributed by atoms with E-state index >= 15 is 0 Å². The highest BCUT2D eigenvalue weighted by atomic mass is 32.2. The van der Waals surface area contributed by atoms with E-state index in [-0.39, 0.29) is 11.8 Å². The van der Waals surface area contributed by atoms with E-state index in [1.165, 1.54) is 7.11 Å². The third kappa shape index (κ3) is 4.09. The number of hydrogen-bond donors (Lipinski definition) is 2. The largest absolute Gasteiger partial charge is 0.497 e. The SMILES string of the molecule is CC[C@@H](O)C[C@@]1(CC)CS(=O)(=O)c2cc(OC)ccc2[C@H](c2ccccc2)N1. The molecule has 0 unspecified atom stereocenters. The van der Waals surface area contributed by atoms with Crippen molar-refractivity contribution in [1.29, 1.82) is 0 Å². The van der Waals surface area contributed by atoms with E-state index in [9.17, 15) is 13.5 Å². The number of nitrogens with one attached hydrogen (secondary N) is 1. The van der Waals surface area contributed by atoms with Gasteiger partial charge in [-0.3, -0.25) is 5.32 Å². The van der Waals surface area contributed by atoms with Crippen LogP contribution in [-0.2, 0) is 9.84 Å². The standard InChI is InChI=1S/C22H29NO4S/c1-4-17(24)14-22(5-2)15-28(25,26)20-13-18(27-3)11-12-19(20)21(23-22)16-9-7-6-8-10-16/h6-13,17,21,23-24H,4-5,14-15H2,1-3H3/t17-,21+,22+/m1/s1. The zero-order valence-corrected chi connectivity index (χ0v) is 17.5. The first kappa shape index (κ1) is 20.8.